The lowest BCUT2D eigenvalue weighted by atomic mass is 10.1. The van der Waals surface area contributed by atoms with Gasteiger partial charge in [-0.2, -0.15) is 0 Å². The fourth-order valence-electron chi connectivity index (χ4n) is 1.11. The van der Waals surface area contributed by atoms with Crippen LogP contribution in [0.5, 0.6) is 0 Å². The highest BCUT2D eigenvalue weighted by Gasteiger charge is 1.96. The van der Waals surface area contributed by atoms with Gasteiger partial charge in [0.05, 0.1) is 7.06 Å². The molecule has 0 radical (unpaired) electrons. The van der Waals surface area contributed by atoms with Crippen molar-refractivity contribution in [3.8, 4) is 11.3 Å². The summed E-state index contributed by atoms with van der Waals surface area (Å²) in [6.45, 7) is 0. The minimum atomic E-state index is 0.478. The third kappa shape index (κ3) is 1.95. The summed E-state index contributed by atoms with van der Waals surface area (Å²) >= 11 is 3.33. The molecule has 0 amide bonds. The maximum atomic E-state index is 7.85. The number of hydrogen-bond donors (Lipinski definition) is 0. The summed E-state index contributed by atoms with van der Waals surface area (Å²) < 4.78 is 8.64. The van der Waals surface area contributed by atoms with Gasteiger partial charge in [0.25, 0.3) is 0 Å². The molecule has 0 N–H and O–H groups in total. The topological polar surface area (TPSA) is 12.9 Å². The lowest BCUT2D eigenvalue weighted by molar-refractivity contribution is 1.32. The maximum Gasteiger partial charge on any atom is 0.0702 e. The Kier molecular flexibility index (Phi) is 2.07. The highest BCUT2D eigenvalue weighted by molar-refractivity contribution is 9.10. The van der Waals surface area contributed by atoms with Gasteiger partial charge in [-0.25, -0.2) is 0 Å². The van der Waals surface area contributed by atoms with Crippen molar-refractivity contribution in [1.29, 1.82) is 0 Å². The molecule has 0 bridgehead atoms. The molecule has 1 nitrogen and oxygen atoms in total. The zero-order valence-electron chi connectivity index (χ0n) is 7.87. The molecule has 2 rings (SSSR count). The second-order valence-corrected chi connectivity index (χ2v) is 3.48. The molecule has 0 aliphatic carbocycles. The van der Waals surface area contributed by atoms with Crippen molar-refractivity contribution in [1.82, 2.24) is 4.98 Å². The van der Waals surface area contributed by atoms with E-state index in [-0.39, 0.29) is 0 Å². The van der Waals surface area contributed by atoms with Crippen LogP contribution < -0.4 is 0 Å². The Labute approximate surface area is 87.0 Å². The number of pyridine rings is 1. The van der Waals surface area contributed by atoms with Crippen molar-refractivity contribution < 1.29 is 1.37 Å². The van der Waals surface area contributed by atoms with Crippen molar-refractivity contribution in [3.05, 3.63) is 53.1 Å². The number of hydrogen-bond acceptors (Lipinski definition) is 1. The number of aromatic nitrogens is 1. The van der Waals surface area contributed by atoms with Crippen LogP contribution in [-0.2, 0) is 0 Å². The van der Waals surface area contributed by atoms with E-state index in [2.05, 4.69) is 20.9 Å². The molecule has 13 heavy (non-hydrogen) atoms. The van der Waals surface area contributed by atoms with E-state index in [1.165, 1.54) is 0 Å². The molecule has 0 aliphatic heterocycles. The van der Waals surface area contributed by atoms with Crippen LogP contribution in [0.1, 0.15) is 1.37 Å². The van der Waals surface area contributed by atoms with E-state index in [9.17, 15) is 0 Å². The molecule has 1 aromatic heterocycles. The van der Waals surface area contributed by atoms with Gasteiger partial charge in [-0.15, -0.1) is 0 Å². The van der Waals surface area contributed by atoms with Gasteiger partial charge >= 0.3 is 0 Å². The van der Waals surface area contributed by atoms with Crippen LogP contribution in [0.2, 0.25) is 0 Å². The van der Waals surface area contributed by atoms with E-state index >= 15 is 0 Å². The summed E-state index contributed by atoms with van der Waals surface area (Å²) in [6, 6.07) is 11.8. The normalized spacial score (nSPS) is 11.0. The van der Waals surface area contributed by atoms with Crippen LogP contribution in [0.4, 0.5) is 0 Å². The van der Waals surface area contributed by atoms with Gasteiger partial charge in [0.2, 0.25) is 0 Å². The molecular formula is C11H8BrN. The zero-order chi connectivity index (χ0) is 9.97. The Balaban J connectivity index is 2.58. The Hall–Kier alpha value is -1.15. The van der Waals surface area contributed by atoms with E-state index in [1.54, 1.807) is 6.20 Å². The predicted molar refractivity (Wildman–Crippen MR) is 57.4 cm³/mol. The quantitative estimate of drug-likeness (QED) is 0.736. The highest BCUT2D eigenvalue weighted by atomic mass is 79.9. The number of halogens is 1. The Morgan fingerprint density at radius 3 is 2.85 bits per heavy atom. The largest absolute Gasteiger partial charge is 0.256 e. The van der Waals surface area contributed by atoms with Crippen LogP contribution >= 0.6 is 15.9 Å². The average molecular weight is 235 g/mol. The van der Waals surface area contributed by atoms with Gasteiger partial charge in [-0.1, -0.05) is 34.1 Å². The molecule has 0 spiro atoms. The summed E-state index contributed by atoms with van der Waals surface area (Å²) in [7, 11) is 0. The van der Waals surface area contributed by atoms with Crippen LogP contribution in [0.3, 0.4) is 0 Å². The second-order valence-electron chi connectivity index (χ2n) is 2.63. The van der Waals surface area contributed by atoms with Gasteiger partial charge in [0.1, 0.15) is 0 Å². The van der Waals surface area contributed by atoms with E-state index in [0.29, 0.717) is 6.04 Å². The van der Waals surface area contributed by atoms with Gasteiger partial charge in [0.15, 0.2) is 0 Å². The molecule has 0 saturated heterocycles. The van der Waals surface area contributed by atoms with Crippen LogP contribution in [0.25, 0.3) is 11.3 Å². The summed E-state index contributed by atoms with van der Waals surface area (Å²) in [5.41, 5.74) is 1.68. The lowest BCUT2D eigenvalue weighted by Crippen LogP contribution is -1.80. The molecule has 0 unspecified atom stereocenters. The van der Waals surface area contributed by atoms with Crippen molar-refractivity contribution in [3.63, 3.8) is 0 Å². The smallest absolute Gasteiger partial charge is 0.0702 e. The minimum absolute atomic E-state index is 0.478. The minimum Gasteiger partial charge on any atom is -0.256 e. The second kappa shape index (κ2) is 3.71. The summed E-state index contributed by atoms with van der Waals surface area (Å²) in [5, 5.41) is 0. The van der Waals surface area contributed by atoms with E-state index in [4.69, 9.17) is 1.37 Å². The lowest BCUT2D eigenvalue weighted by Gasteiger charge is -1.99. The van der Waals surface area contributed by atoms with E-state index in [0.717, 1.165) is 15.7 Å². The number of rotatable bonds is 1. The molecule has 64 valence electrons. The molecule has 0 atom stereocenters. The first-order chi connectivity index (χ1) is 6.79. The fourth-order valence-corrected chi connectivity index (χ4v) is 1.48. The SMILES string of the molecule is [2H]c1c(Br)cccc1-c1ccccn1. The standard InChI is InChI=1S/C11H8BrN/c12-10-5-3-4-9(8-10)11-6-1-2-7-13-11/h1-8H/i8D. The van der Waals surface area contributed by atoms with Gasteiger partial charge in [-0.05, 0) is 24.2 Å². The number of benzene rings is 1. The summed E-state index contributed by atoms with van der Waals surface area (Å²) in [5.74, 6) is 0. The van der Waals surface area contributed by atoms with Crippen molar-refractivity contribution >= 4 is 15.9 Å². The zero-order valence-corrected chi connectivity index (χ0v) is 8.45. The molecule has 2 aromatic rings. The third-order valence-corrected chi connectivity index (χ3v) is 2.16. The number of nitrogens with zero attached hydrogens (tertiary/aromatic N) is 1. The molecule has 1 aromatic carbocycles. The molecule has 0 saturated carbocycles. The van der Waals surface area contributed by atoms with Crippen molar-refractivity contribution in [2.45, 2.75) is 0 Å². The monoisotopic (exact) mass is 234 g/mol. The maximum absolute atomic E-state index is 7.85. The molecule has 2 heteroatoms. The predicted octanol–water partition coefficient (Wildman–Crippen LogP) is 3.51. The van der Waals surface area contributed by atoms with Gasteiger partial charge < -0.3 is 0 Å². The van der Waals surface area contributed by atoms with Crippen molar-refractivity contribution in [2.24, 2.45) is 0 Å². The van der Waals surface area contributed by atoms with Gasteiger partial charge in [-0.3, -0.25) is 4.98 Å². The van der Waals surface area contributed by atoms with Crippen molar-refractivity contribution in [2.75, 3.05) is 0 Å². The van der Waals surface area contributed by atoms with E-state index < -0.39 is 0 Å². The van der Waals surface area contributed by atoms with Crippen LogP contribution in [0, 0.1) is 0 Å². The summed E-state index contributed by atoms with van der Waals surface area (Å²) in [6.07, 6.45) is 1.73. The molecular weight excluding hydrogens is 226 g/mol. The first-order valence-corrected chi connectivity index (χ1v) is 4.75. The third-order valence-electron chi connectivity index (χ3n) is 1.70. The summed E-state index contributed by atoms with van der Waals surface area (Å²) in [4.78, 5) is 4.21. The average Bonchev–Trinajstić information content (AvgIpc) is 2.23. The fraction of sp³-hybridized carbons (Fsp3) is 0. The highest BCUT2D eigenvalue weighted by Crippen LogP contribution is 2.20. The first kappa shape index (κ1) is 7.27. The molecule has 1 heterocycles. The first-order valence-electron chi connectivity index (χ1n) is 4.45. The van der Waals surface area contributed by atoms with Crippen LogP contribution in [0.15, 0.2) is 53.1 Å². The Bertz CT molecular complexity index is 442. The molecule has 0 aliphatic rings. The molecule has 0 fully saturated rings. The van der Waals surface area contributed by atoms with Crippen LogP contribution in [-0.4, -0.2) is 4.98 Å². The van der Waals surface area contributed by atoms with E-state index in [1.807, 2.05) is 36.4 Å². The Morgan fingerprint density at radius 2 is 2.08 bits per heavy atom. The van der Waals surface area contributed by atoms with Gasteiger partial charge in [0, 0.05) is 16.2 Å². The Morgan fingerprint density at radius 1 is 1.15 bits per heavy atom.